The Morgan fingerprint density at radius 1 is 1.15 bits per heavy atom. The van der Waals surface area contributed by atoms with E-state index < -0.39 is 0 Å². The summed E-state index contributed by atoms with van der Waals surface area (Å²) in [6, 6.07) is 15.8. The van der Waals surface area contributed by atoms with Gasteiger partial charge in [0.1, 0.15) is 5.75 Å². The molecule has 0 aliphatic carbocycles. The Kier molecular flexibility index (Phi) is 6.63. The van der Waals surface area contributed by atoms with Gasteiger partial charge in [-0.1, -0.05) is 54.0 Å². The maximum Gasteiger partial charge on any atom is 0.264 e. The van der Waals surface area contributed by atoms with Crippen LogP contribution >= 0.6 is 27.3 Å². The van der Waals surface area contributed by atoms with Crippen molar-refractivity contribution in [1.29, 1.82) is 0 Å². The average molecular weight is 445 g/mol. The minimum Gasteiger partial charge on any atom is -0.484 e. The summed E-state index contributed by atoms with van der Waals surface area (Å²) in [6.07, 6.45) is 1.79. The van der Waals surface area contributed by atoms with E-state index in [9.17, 15) is 4.79 Å². The molecular weight excluding hydrogens is 424 g/mol. The van der Waals surface area contributed by atoms with Crippen molar-refractivity contribution in [1.82, 2.24) is 4.98 Å². The van der Waals surface area contributed by atoms with Crippen molar-refractivity contribution < 1.29 is 9.53 Å². The fraction of sp³-hybridized carbons (Fsp3) is 0.238. The Morgan fingerprint density at radius 2 is 1.93 bits per heavy atom. The fourth-order valence-electron chi connectivity index (χ4n) is 2.64. The Balaban J connectivity index is 1.66. The normalized spacial score (nSPS) is 10.6. The van der Waals surface area contributed by atoms with E-state index in [-0.39, 0.29) is 12.5 Å². The van der Waals surface area contributed by atoms with Crippen LogP contribution in [-0.2, 0) is 17.6 Å². The number of hydrogen-bond donors (Lipinski definition) is 1. The van der Waals surface area contributed by atoms with E-state index in [0.717, 1.165) is 33.4 Å². The summed E-state index contributed by atoms with van der Waals surface area (Å²) in [5, 5.41) is 3.45. The van der Waals surface area contributed by atoms with Gasteiger partial charge in [0.05, 0.1) is 5.69 Å². The molecule has 3 aromatic rings. The van der Waals surface area contributed by atoms with Gasteiger partial charge in [0, 0.05) is 14.9 Å². The van der Waals surface area contributed by atoms with Crippen molar-refractivity contribution in [3.05, 3.63) is 63.4 Å². The summed E-state index contributed by atoms with van der Waals surface area (Å²) in [4.78, 5) is 18.0. The Bertz CT molecular complexity index is 922. The third-order valence-electron chi connectivity index (χ3n) is 4.06. The first-order valence-electron chi connectivity index (χ1n) is 8.86. The highest BCUT2D eigenvalue weighted by atomic mass is 79.9. The Morgan fingerprint density at radius 3 is 2.63 bits per heavy atom. The minimum absolute atomic E-state index is 0.0399. The van der Waals surface area contributed by atoms with Crippen molar-refractivity contribution >= 4 is 38.3 Å². The molecule has 0 saturated heterocycles. The number of anilines is 1. The van der Waals surface area contributed by atoms with Gasteiger partial charge in [-0.3, -0.25) is 10.1 Å². The summed E-state index contributed by atoms with van der Waals surface area (Å²) in [5.74, 6) is 0.490. The molecule has 6 heteroatoms. The molecule has 3 rings (SSSR count). The van der Waals surface area contributed by atoms with Crippen LogP contribution in [-0.4, -0.2) is 17.5 Å². The van der Waals surface area contributed by atoms with Gasteiger partial charge in [-0.15, -0.1) is 11.3 Å². The van der Waals surface area contributed by atoms with E-state index in [1.54, 1.807) is 0 Å². The van der Waals surface area contributed by atoms with Gasteiger partial charge >= 0.3 is 0 Å². The van der Waals surface area contributed by atoms with Crippen LogP contribution in [0.2, 0.25) is 0 Å². The molecule has 1 heterocycles. The topological polar surface area (TPSA) is 51.2 Å². The van der Waals surface area contributed by atoms with Gasteiger partial charge in [-0.05, 0) is 42.7 Å². The number of amides is 1. The molecule has 0 atom stereocenters. The molecule has 0 aliphatic heterocycles. The molecular formula is C21H21BrN2O2S. The predicted molar refractivity (Wildman–Crippen MR) is 115 cm³/mol. The summed E-state index contributed by atoms with van der Waals surface area (Å²) in [6.45, 7) is 4.13. The van der Waals surface area contributed by atoms with E-state index >= 15 is 0 Å². The number of rotatable bonds is 7. The highest BCUT2D eigenvalue weighted by Gasteiger charge is 2.14. The number of benzene rings is 2. The van der Waals surface area contributed by atoms with Gasteiger partial charge in [0.15, 0.2) is 11.7 Å². The number of aromatic nitrogens is 1. The van der Waals surface area contributed by atoms with Gasteiger partial charge in [0.2, 0.25) is 0 Å². The lowest BCUT2D eigenvalue weighted by Crippen LogP contribution is -2.20. The molecule has 0 spiro atoms. The van der Waals surface area contributed by atoms with Crippen molar-refractivity contribution in [3.63, 3.8) is 0 Å². The Hall–Kier alpha value is -2.18. The highest BCUT2D eigenvalue weighted by molar-refractivity contribution is 9.10. The average Bonchev–Trinajstić information content (AvgIpc) is 3.10. The smallest absolute Gasteiger partial charge is 0.264 e. The molecule has 0 unspecified atom stereocenters. The maximum absolute atomic E-state index is 12.3. The molecule has 27 heavy (non-hydrogen) atoms. The lowest BCUT2D eigenvalue weighted by molar-refractivity contribution is -0.118. The van der Waals surface area contributed by atoms with Gasteiger partial charge in [-0.2, -0.15) is 0 Å². The first-order valence-corrected chi connectivity index (χ1v) is 10.5. The fourth-order valence-corrected chi connectivity index (χ4v) is 3.84. The monoisotopic (exact) mass is 444 g/mol. The first-order chi connectivity index (χ1) is 13.1. The van der Waals surface area contributed by atoms with Gasteiger partial charge in [-0.25, -0.2) is 4.98 Å². The van der Waals surface area contributed by atoms with E-state index in [4.69, 9.17) is 4.74 Å². The van der Waals surface area contributed by atoms with Crippen LogP contribution in [0.5, 0.6) is 5.75 Å². The molecule has 1 amide bonds. The number of thiazole rings is 1. The van der Waals surface area contributed by atoms with Gasteiger partial charge in [0.25, 0.3) is 5.91 Å². The predicted octanol–water partition coefficient (Wildman–Crippen LogP) is 5.71. The van der Waals surface area contributed by atoms with Crippen LogP contribution < -0.4 is 10.1 Å². The summed E-state index contributed by atoms with van der Waals surface area (Å²) >= 11 is 4.95. The number of carbonyl (C=O) groups excluding carboxylic acids is 1. The van der Waals surface area contributed by atoms with E-state index in [0.29, 0.717) is 10.9 Å². The molecule has 1 aromatic heterocycles. The first kappa shape index (κ1) is 19.6. The van der Waals surface area contributed by atoms with Crippen LogP contribution in [0.15, 0.2) is 53.0 Å². The maximum atomic E-state index is 12.3. The number of ether oxygens (including phenoxy) is 1. The van der Waals surface area contributed by atoms with Gasteiger partial charge < -0.3 is 4.74 Å². The SMILES string of the molecule is CCc1cccc(OCC(=O)Nc2nc(-c3ccc(Br)cc3)c(CC)s2)c1. The number of halogens is 1. The Labute approximate surface area is 171 Å². The van der Waals surface area contributed by atoms with Crippen molar-refractivity contribution in [3.8, 4) is 17.0 Å². The quantitative estimate of drug-likeness (QED) is 0.507. The minimum atomic E-state index is -0.212. The summed E-state index contributed by atoms with van der Waals surface area (Å²) < 4.78 is 6.63. The molecule has 140 valence electrons. The molecule has 0 fully saturated rings. The standard InChI is InChI=1S/C21H21BrN2O2S/c1-3-14-6-5-7-17(12-14)26-13-19(25)23-21-24-20(18(4-2)27-21)15-8-10-16(22)11-9-15/h5-12H,3-4,13H2,1-2H3,(H,23,24,25). The molecule has 0 bridgehead atoms. The molecule has 1 N–H and O–H groups in total. The molecule has 0 radical (unpaired) electrons. The van der Waals surface area contributed by atoms with E-state index in [1.807, 2.05) is 48.5 Å². The van der Waals surface area contributed by atoms with E-state index in [2.05, 4.69) is 40.1 Å². The molecule has 0 saturated carbocycles. The van der Waals surface area contributed by atoms with Crippen molar-refractivity contribution in [2.24, 2.45) is 0 Å². The number of aryl methyl sites for hydroxylation is 2. The summed E-state index contributed by atoms with van der Waals surface area (Å²) in [5.41, 5.74) is 3.14. The van der Waals surface area contributed by atoms with E-state index in [1.165, 1.54) is 16.9 Å². The third-order valence-corrected chi connectivity index (χ3v) is 5.70. The number of hydrogen-bond acceptors (Lipinski definition) is 4. The molecule has 4 nitrogen and oxygen atoms in total. The van der Waals surface area contributed by atoms with Crippen LogP contribution in [0.4, 0.5) is 5.13 Å². The zero-order chi connectivity index (χ0) is 19.2. The number of carbonyl (C=O) groups is 1. The lowest BCUT2D eigenvalue weighted by atomic mass is 10.1. The molecule has 2 aromatic carbocycles. The molecule has 0 aliphatic rings. The number of nitrogens with zero attached hydrogens (tertiary/aromatic N) is 1. The third kappa shape index (κ3) is 5.17. The largest absolute Gasteiger partial charge is 0.484 e. The zero-order valence-corrected chi connectivity index (χ0v) is 17.7. The van der Waals surface area contributed by atoms with Crippen LogP contribution in [0, 0.1) is 0 Å². The lowest BCUT2D eigenvalue weighted by Gasteiger charge is -2.07. The zero-order valence-electron chi connectivity index (χ0n) is 15.3. The summed E-state index contributed by atoms with van der Waals surface area (Å²) in [7, 11) is 0. The second kappa shape index (κ2) is 9.15. The van der Waals surface area contributed by atoms with Crippen LogP contribution in [0.25, 0.3) is 11.3 Å². The van der Waals surface area contributed by atoms with Crippen LogP contribution in [0.1, 0.15) is 24.3 Å². The highest BCUT2D eigenvalue weighted by Crippen LogP contribution is 2.32. The number of nitrogens with one attached hydrogen (secondary N) is 1. The van der Waals surface area contributed by atoms with Crippen LogP contribution in [0.3, 0.4) is 0 Å². The second-order valence-corrected chi connectivity index (χ2v) is 7.99. The van der Waals surface area contributed by atoms with Crippen molar-refractivity contribution in [2.45, 2.75) is 26.7 Å². The second-order valence-electron chi connectivity index (χ2n) is 5.99. The van der Waals surface area contributed by atoms with Crippen molar-refractivity contribution in [2.75, 3.05) is 11.9 Å².